The van der Waals surface area contributed by atoms with Crippen LogP contribution in [0.5, 0.6) is 5.88 Å². The van der Waals surface area contributed by atoms with Gasteiger partial charge in [0.1, 0.15) is 0 Å². The van der Waals surface area contributed by atoms with E-state index >= 15 is 0 Å². The van der Waals surface area contributed by atoms with Crippen LogP contribution < -0.4 is 4.74 Å². The molecule has 1 aromatic heterocycles. The first-order valence-corrected chi connectivity index (χ1v) is 5.35. The number of halogens is 4. The first kappa shape index (κ1) is 12.9. The molecular weight excluding hydrogens is 273 g/mol. The van der Waals surface area contributed by atoms with Gasteiger partial charge < -0.3 is 9.64 Å². The first-order valence-electron chi connectivity index (χ1n) is 4.97. The number of aromatic nitrogens is 1. The van der Waals surface area contributed by atoms with Crippen LogP contribution in [0.3, 0.4) is 0 Å². The Hall–Kier alpha value is -1.50. The zero-order valence-corrected chi connectivity index (χ0v) is 9.75. The summed E-state index contributed by atoms with van der Waals surface area (Å²) in [6.07, 6.45) is -3.01. The van der Waals surface area contributed by atoms with E-state index in [0.29, 0.717) is 12.1 Å². The molecule has 1 amide bonds. The molecule has 1 aliphatic rings. The monoisotopic (exact) mass is 280 g/mol. The van der Waals surface area contributed by atoms with Gasteiger partial charge in [0.05, 0.1) is 0 Å². The molecule has 0 fully saturated rings. The van der Waals surface area contributed by atoms with Crippen molar-refractivity contribution in [1.29, 1.82) is 0 Å². The second-order valence-corrected chi connectivity index (χ2v) is 4.13. The number of nitrogens with zero attached hydrogens (tertiary/aromatic N) is 2. The Morgan fingerprint density at radius 3 is 2.72 bits per heavy atom. The average Bonchev–Trinajstić information content (AvgIpc) is 2.68. The Morgan fingerprint density at radius 1 is 1.44 bits per heavy atom. The fourth-order valence-electron chi connectivity index (χ4n) is 1.62. The predicted molar refractivity (Wildman–Crippen MR) is 56.3 cm³/mol. The normalized spacial score (nSPS) is 14.6. The van der Waals surface area contributed by atoms with E-state index in [1.54, 1.807) is 0 Å². The van der Waals surface area contributed by atoms with Gasteiger partial charge in [-0.25, -0.2) is 4.98 Å². The van der Waals surface area contributed by atoms with Gasteiger partial charge in [0.25, 0.3) is 0 Å². The summed E-state index contributed by atoms with van der Waals surface area (Å²) < 4.78 is 40.4. The number of ether oxygens (including phenoxy) is 1. The van der Waals surface area contributed by atoms with Crippen LogP contribution in [0.25, 0.3) is 0 Å². The zero-order chi connectivity index (χ0) is 13.3. The Morgan fingerprint density at radius 2 is 2.11 bits per heavy atom. The second kappa shape index (κ2) is 4.64. The van der Waals surface area contributed by atoms with E-state index in [0.717, 1.165) is 5.56 Å². The van der Waals surface area contributed by atoms with Crippen LogP contribution in [0.1, 0.15) is 11.1 Å². The number of hydrogen-bond acceptors (Lipinski definition) is 3. The van der Waals surface area contributed by atoms with Gasteiger partial charge in [0, 0.05) is 25.4 Å². The summed E-state index contributed by atoms with van der Waals surface area (Å²) in [6.45, 7) is -0.830. The van der Waals surface area contributed by atoms with Crippen molar-refractivity contribution in [3.05, 3.63) is 23.4 Å². The number of carbonyl (C=O) groups is 1. The number of rotatable bonds is 2. The average molecular weight is 281 g/mol. The van der Waals surface area contributed by atoms with E-state index in [1.165, 1.54) is 17.2 Å². The van der Waals surface area contributed by atoms with Crippen LogP contribution in [0, 0.1) is 0 Å². The lowest BCUT2D eigenvalue weighted by atomic mass is 10.2. The minimum Gasteiger partial charge on any atom is -0.468 e. The summed E-state index contributed by atoms with van der Waals surface area (Å²) >= 11 is 5.32. The van der Waals surface area contributed by atoms with Crippen molar-refractivity contribution < 1.29 is 22.7 Å². The van der Waals surface area contributed by atoms with Gasteiger partial charge in [0.2, 0.25) is 5.88 Å². The molecule has 0 bridgehead atoms. The maximum Gasteiger partial charge on any atom is 0.422 e. The molecule has 2 heterocycles. The smallest absolute Gasteiger partial charge is 0.422 e. The minimum atomic E-state index is -4.40. The molecule has 18 heavy (non-hydrogen) atoms. The predicted octanol–water partition coefficient (Wildman–Crippen LogP) is 2.70. The Bertz CT molecular complexity index is 479. The van der Waals surface area contributed by atoms with Gasteiger partial charge in [-0.05, 0) is 22.7 Å². The summed E-state index contributed by atoms with van der Waals surface area (Å²) in [5.41, 5.74) is 1.44. The summed E-state index contributed by atoms with van der Waals surface area (Å²) in [4.78, 5) is 16.0. The molecule has 0 saturated carbocycles. The Kier molecular flexibility index (Phi) is 3.34. The number of amides is 1. The van der Waals surface area contributed by atoms with Crippen molar-refractivity contribution in [2.45, 2.75) is 19.3 Å². The summed E-state index contributed by atoms with van der Waals surface area (Å²) in [5.74, 6) is -0.116. The highest BCUT2D eigenvalue weighted by Gasteiger charge is 2.29. The van der Waals surface area contributed by atoms with Crippen molar-refractivity contribution in [2.24, 2.45) is 0 Å². The largest absolute Gasteiger partial charge is 0.468 e. The lowest BCUT2D eigenvalue weighted by Gasteiger charge is -2.09. The highest BCUT2D eigenvalue weighted by molar-refractivity contribution is 6.62. The van der Waals surface area contributed by atoms with Crippen molar-refractivity contribution in [3.8, 4) is 5.88 Å². The molecule has 0 spiro atoms. The van der Waals surface area contributed by atoms with Crippen LogP contribution in [-0.4, -0.2) is 28.0 Å². The van der Waals surface area contributed by atoms with Gasteiger partial charge in [-0.15, -0.1) is 0 Å². The Balaban J connectivity index is 2.06. The topological polar surface area (TPSA) is 42.4 Å². The van der Waals surface area contributed by atoms with E-state index in [4.69, 9.17) is 11.6 Å². The summed E-state index contributed by atoms with van der Waals surface area (Å²) in [5, 5.41) is -0.607. The number of alkyl halides is 3. The van der Waals surface area contributed by atoms with Crippen LogP contribution >= 0.6 is 11.6 Å². The highest BCUT2D eigenvalue weighted by Crippen LogP contribution is 2.26. The molecule has 2 rings (SSSR count). The van der Waals surface area contributed by atoms with Crippen LogP contribution in [0.15, 0.2) is 12.3 Å². The van der Waals surface area contributed by atoms with Gasteiger partial charge in [-0.3, -0.25) is 4.79 Å². The van der Waals surface area contributed by atoms with Gasteiger partial charge in [-0.1, -0.05) is 0 Å². The highest BCUT2D eigenvalue weighted by atomic mass is 35.5. The number of fused-ring (bicyclic) bond motifs is 1. The maximum absolute atomic E-state index is 12.0. The SMILES string of the molecule is O=C(Cl)N1Cc2cnc(OCC(F)(F)F)cc2C1. The lowest BCUT2D eigenvalue weighted by Crippen LogP contribution is -2.19. The van der Waals surface area contributed by atoms with E-state index in [9.17, 15) is 18.0 Å². The molecule has 1 aromatic rings. The minimum absolute atomic E-state index is 0.116. The Labute approximate surface area is 105 Å². The van der Waals surface area contributed by atoms with Gasteiger partial charge in [-0.2, -0.15) is 13.2 Å². The molecule has 0 aliphatic carbocycles. The van der Waals surface area contributed by atoms with Crippen molar-refractivity contribution in [2.75, 3.05) is 6.61 Å². The standard InChI is InChI=1S/C10H8ClF3N2O2/c11-9(17)16-3-6-1-8(15-2-7(6)4-16)18-5-10(12,13)14/h1-2H,3-5H2. The third-order valence-electron chi connectivity index (χ3n) is 2.41. The van der Waals surface area contributed by atoms with Gasteiger partial charge in [0.15, 0.2) is 6.61 Å². The number of carbonyl (C=O) groups excluding carboxylic acids is 1. The second-order valence-electron chi connectivity index (χ2n) is 3.80. The molecule has 0 radical (unpaired) electrons. The third-order valence-corrected chi connectivity index (χ3v) is 2.65. The van der Waals surface area contributed by atoms with Gasteiger partial charge >= 0.3 is 11.5 Å². The molecule has 4 nitrogen and oxygen atoms in total. The van der Waals surface area contributed by atoms with Crippen LogP contribution in [0.4, 0.5) is 18.0 Å². The number of pyridine rings is 1. The molecule has 1 aliphatic heterocycles. The first-order chi connectivity index (χ1) is 8.35. The van der Waals surface area contributed by atoms with Crippen LogP contribution in [0.2, 0.25) is 0 Å². The van der Waals surface area contributed by atoms with Crippen molar-refractivity contribution >= 4 is 17.0 Å². The fraction of sp³-hybridized carbons (Fsp3) is 0.400. The molecule has 0 atom stereocenters. The molecule has 8 heteroatoms. The zero-order valence-electron chi connectivity index (χ0n) is 9.00. The van der Waals surface area contributed by atoms with E-state index < -0.39 is 18.1 Å². The molecule has 98 valence electrons. The molecule has 0 N–H and O–H groups in total. The summed E-state index contributed by atoms with van der Waals surface area (Å²) in [6, 6.07) is 1.39. The fourth-order valence-corrected chi connectivity index (χ4v) is 1.74. The van der Waals surface area contributed by atoms with Crippen LogP contribution in [-0.2, 0) is 13.1 Å². The molecule has 0 saturated heterocycles. The maximum atomic E-state index is 12.0. The van der Waals surface area contributed by atoms with E-state index in [2.05, 4.69) is 9.72 Å². The summed E-state index contributed by atoms with van der Waals surface area (Å²) in [7, 11) is 0. The van der Waals surface area contributed by atoms with E-state index in [1.807, 2.05) is 0 Å². The molecular formula is C10H8ClF3N2O2. The third kappa shape index (κ3) is 3.04. The quantitative estimate of drug-likeness (QED) is 0.618. The van der Waals surface area contributed by atoms with E-state index in [-0.39, 0.29) is 12.4 Å². The van der Waals surface area contributed by atoms with Crippen molar-refractivity contribution in [3.63, 3.8) is 0 Å². The number of hydrogen-bond donors (Lipinski definition) is 0. The molecule has 0 aromatic carbocycles. The van der Waals surface area contributed by atoms with Crippen molar-refractivity contribution in [1.82, 2.24) is 9.88 Å². The molecule has 0 unspecified atom stereocenters. The lowest BCUT2D eigenvalue weighted by molar-refractivity contribution is -0.154.